The quantitative estimate of drug-likeness (QED) is 0.519. The molecule has 0 radical (unpaired) electrons. The van der Waals surface area contributed by atoms with E-state index in [2.05, 4.69) is 0 Å². The predicted molar refractivity (Wildman–Crippen MR) is 86.3 cm³/mol. The van der Waals surface area contributed by atoms with Crippen LogP contribution in [0, 0.1) is 0 Å². The second-order valence-electron chi connectivity index (χ2n) is 5.26. The first-order valence-corrected chi connectivity index (χ1v) is 10.8. The number of rotatable bonds is 9. The zero-order valence-electron chi connectivity index (χ0n) is 13.4. The van der Waals surface area contributed by atoms with Gasteiger partial charge in [-0.2, -0.15) is 8.42 Å². The van der Waals surface area contributed by atoms with E-state index >= 15 is 0 Å². The molecular formula is C14H22O7S2. The molecular weight excluding hydrogens is 344 g/mol. The van der Waals surface area contributed by atoms with Gasteiger partial charge in [0, 0.05) is 6.26 Å². The van der Waals surface area contributed by atoms with Crippen LogP contribution >= 0.6 is 0 Å². The topological polar surface area (TPSA) is 107 Å². The smallest absolute Gasteiger partial charge is 0.264 e. The third kappa shape index (κ3) is 7.30. The lowest BCUT2D eigenvalue weighted by molar-refractivity contribution is 0.253. The fourth-order valence-electron chi connectivity index (χ4n) is 1.75. The van der Waals surface area contributed by atoms with Gasteiger partial charge in [-0.05, 0) is 35.7 Å². The first kappa shape index (κ1) is 19.9. The van der Waals surface area contributed by atoms with Gasteiger partial charge in [-0.15, -0.1) is 0 Å². The molecule has 1 unspecified atom stereocenters. The molecule has 0 aromatic heterocycles. The van der Waals surface area contributed by atoms with Gasteiger partial charge >= 0.3 is 0 Å². The van der Waals surface area contributed by atoms with Crippen LogP contribution in [0.1, 0.15) is 36.3 Å². The molecule has 9 heteroatoms. The number of hydrogen-bond donors (Lipinski definition) is 1. The van der Waals surface area contributed by atoms with Crippen LogP contribution < -0.4 is 4.74 Å². The number of ether oxygens (including phenoxy) is 1. The van der Waals surface area contributed by atoms with Crippen LogP contribution in [-0.2, 0) is 30.7 Å². The zero-order valence-corrected chi connectivity index (χ0v) is 15.0. The average molecular weight is 366 g/mol. The molecule has 0 fully saturated rings. The summed E-state index contributed by atoms with van der Waals surface area (Å²) >= 11 is 0. The molecule has 23 heavy (non-hydrogen) atoms. The largest absolute Gasteiger partial charge is 0.494 e. The maximum atomic E-state index is 11.5. The Hall–Kier alpha value is -1.16. The first-order valence-electron chi connectivity index (χ1n) is 7.01. The van der Waals surface area contributed by atoms with Crippen molar-refractivity contribution in [2.45, 2.75) is 31.8 Å². The van der Waals surface area contributed by atoms with E-state index in [0.717, 1.165) is 25.4 Å². The number of sulfone groups is 1. The van der Waals surface area contributed by atoms with E-state index in [9.17, 15) is 21.9 Å². The second kappa shape index (κ2) is 8.09. The molecule has 1 aromatic rings. The van der Waals surface area contributed by atoms with Gasteiger partial charge in [-0.25, -0.2) is 8.42 Å². The molecule has 1 aromatic carbocycles. The van der Waals surface area contributed by atoms with Gasteiger partial charge in [0.25, 0.3) is 10.1 Å². The fourth-order valence-corrected chi connectivity index (χ4v) is 2.73. The average Bonchev–Trinajstić information content (AvgIpc) is 2.43. The van der Waals surface area contributed by atoms with Gasteiger partial charge in [0.15, 0.2) is 15.3 Å². The van der Waals surface area contributed by atoms with Gasteiger partial charge in [0.05, 0.1) is 19.5 Å². The van der Waals surface area contributed by atoms with Gasteiger partial charge in [-0.3, -0.25) is 4.18 Å². The lowest BCUT2D eigenvalue weighted by atomic mass is 10.1. The molecule has 1 atom stereocenters. The summed E-state index contributed by atoms with van der Waals surface area (Å²) in [6, 6.07) is 4.36. The van der Waals surface area contributed by atoms with Crippen molar-refractivity contribution in [1.29, 1.82) is 0 Å². The van der Waals surface area contributed by atoms with Crippen LogP contribution in [0.15, 0.2) is 18.2 Å². The molecule has 7 nitrogen and oxygen atoms in total. The van der Waals surface area contributed by atoms with Gasteiger partial charge in [0.2, 0.25) is 0 Å². The Labute approximate surface area is 137 Å². The van der Waals surface area contributed by atoms with Crippen molar-refractivity contribution < 1.29 is 30.9 Å². The summed E-state index contributed by atoms with van der Waals surface area (Å²) in [6.45, 7) is 2.16. The Bertz CT molecular complexity index is 723. The van der Waals surface area contributed by atoms with E-state index in [0.29, 0.717) is 17.9 Å². The van der Waals surface area contributed by atoms with Gasteiger partial charge < -0.3 is 9.84 Å². The number of aliphatic hydroxyl groups excluding tert-OH is 1. The molecule has 0 aliphatic carbocycles. The Morgan fingerprint density at radius 1 is 1.13 bits per heavy atom. The summed E-state index contributed by atoms with van der Waals surface area (Å²) in [5.41, 5.74) is -1.22. The number of hydrogen-bond acceptors (Lipinski definition) is 7. The SMILES string of the molecule is CCCCOc1cc(COS(C)(=O)=O)cc(C(O)S(C)(=O)=O)c1. The summed E-state index contributed by atoms with van der Waals surface area (Å²) in [7, 11) is -7.36. The molecule has 0 amide bonds. The summed E-state index contributed by atoms with van der Waals surface area (Å²) in [5.74, 6) is 0.353. The van der Waals surface area contributed by atoms with Crippen molar-refractivity contribution in [3.63, 3.8) is 0 Å². The van der Waals surface area contributed by atoms with Crippen LogP contribution in [0.25, 0.3) is 0 Å². The standard InChI is InChI=1S/C14H22O7S2/c1-4-5-6-20-13-8-11(10-21-23(3,18)19)7-12(9-13)14(15)22(2,16)17/h7-9,14-15H,4-6,10H2,1-3H3. The number of aliphatic hydroxyl groups is 1. The van der Waals surface area contributed by atoms with Crippen LogP contribution in [0.5, 0.6) is 5.75 Å². The highest BCUT2D eigenvalue weighted by molar-refractivity contribution is 7.90. The molecule has 0 saturated carbocycles. The van der Waals surface area contributed by atoms with E-state index in [4.69, 9.17) is 8.92 Å². The highest BCUT2D eigenvalue weighted by atomic mass is 32.2. The lowest BCUT2D eigenvalue weighted by Gasteiger charge is -2.14. The molecule has 0 aliphatic rings. The van der Waals surface area contributed by atoms with Crippen LogP contribution in [-0.4, -0.2) is 41.1 Å². The van der Waals surface area contributed by atoms with Crippen molar-refractivity contribution in [3.05, 3.63) is 29.3 Å². The van der Waals surface area contributed by atoms with E-state index in [-0.39, 0.29) is 12.2 Å². The third-order valence-electron chi connectivity index (χ3n) is 2.89. The van der Waals surface area contributed by atoms with Crippen molar-refractivity contribution in [2.75, 3.05) is 19.1 Å². The van der Waals surface area contributed by atoms with Gasteiger partial charge in [0.1, 0.15) is 5.75 Å². The molecule has 1 N–H and O–H groups in total. The van der Waals surface area contributed by atoms with Crippen LogP contribution in [0.3, 0.4) is 0 Å². The second-order valence-corrected chi connectivity index (χ2v) is 9.01. The van der Waals surface area contributed by atoms with E-state index in [1.807, 2.05) is 6.92 Å². The summed E-state index contributed by atoms with van der Waals surface area (Å²) < 4.78 is 55.4. The van der Waals surface area contributed by atoms with Gasteiger partial charge in [-0.1, -0.05) is 13.3 Å². The van der Waals surface area contributed by atoms with Crippen molar-refractivity contribution >= 4 is 20.0 Å². The molecule has 132 valence electrons. The molecule has 0 heterocycles. The molecule has 0 aliphatic heterocycles. The van der Waals surface area contributed by atoms with E-state index in [1.54, 1.807) is 6.07 Å². The highest BCUT2D eigenvalue weighted by Crippen LogP contribution is 2.26. The monoisotopic (exact) mass is 366 g/mol. The van der Waals surface area contributed by atoms with Crippen LogP contribution in [0.2, 0.25) is 0 Å². The third-order valence-corrected chi connectivity index (χ3v) is 4.51. The maximum Gasteiger partial charge on any atom is 0.264 e. The van der Waals surface area contributed by atoms with Crippen molar-refractivity contribution in [2.24, 2.45) is 0 Å². The summed E-state index contributed by atoms with van der Waals surface area (Å²) in [6.07, 6.45) is 3.57. The van der Waals surface area contributed by atoms with E-state index in [1.165, 1.54) is 12.1 Å². The van der Waals surface area contributed by atoms with Crippen LogP contribution in [0.4, 0.5) is 0 Å². The minimum Gasteiger partial charge on any atom is -0.494 e. The summed E-state index contributed by atoms with van der Waals surface area (Å²) in [4.78, 5) is 0. The zero-order chi connectivity index (χ0) is 17.7. The lowest BCUT2D eigenvalue weighted by Crippen LogP contribution is -2.12. The number of benzene rings is 1. The predicted octanol–water partition coefficient (Wildman–Crippen LogP) is 1.38. The Kier molecular flexibility index (Phi) is 7.00. The number of unbranched alkanes of at least 4 members (excludes halogenated alkanes) is 1. The normalized spacial score (nSPS) is 13.7. The van der Waals surface area contributed by atoms with E-state index < -0.39 is 25.4 Å². The molecule has 0 spiro atoms. The molecule has 1 rings (SSSR count). The maximum absolute atomic E-state index is 11.5. The molecule has 0 saturated heterocycles. The fraction of sp³-hybridized carbons (Fsp3) is 0.571. The Morgan fingerprint density at radius 2 is 1.78 bits per heavy atom. The Morgan fingerprint density at radius 3 is 2.30 bits per heavy atom. The molecule has 0 bridgehead atoms. The Balaban J connectivity index is 3.10. The minimum atomic E-state index is -3.72. The first-order chi connectivity index (χ1) is 10.5. The highest BCUT2D eigenvalue weighted by Gasteiger charge is 2.21. The minimum absolute atomic E-state index is 0.105. The summed E-state index contributed by atoms with van der Waals surface area (Å²) in [5, 5.41) is 9.90. The van der Waals surface area contributed by atoms with Crippen molar-refractivity contribution in [1.82, 2.24) is 0 Å². The van der Waals surface area contributed by atoms with Crippen molar-refractivity contribution in [3.8, 4) is 5.75 Å².